The fourth-order valence-corrected chi connectivity index (χ4v) is 2.09. The molecule has 0 heteroatoms. The molecule has 14 heavy (non-hydrogen) atoms. The number of hydrogen-bond acceptors (Lipinski definition) is 0. The first-order valence-corrected chi connectivity index (χ1v) is 6.02. The first-order valence-electron chi connectivity index (χ1n) is 6.02. The van der Waals surface area contributed by atoms with Gasteiger partial charge < -0.3 is 0 Å². The normalized spacial score (nSPS) is 18.0. The van der Waals surface area contributed by atoms with Crippen LogP contribution in [0.3, 0.4) is 0 Å². The predicted molar refractivity (Wildman–Crippen MR) is 66.5 cm³/mol. The van der Waals surface area contributed by atoms with Gasteiger partial charge >= 0.3 is 0 Å². The smallest absolute Gasteiger partial charge is 0.0357 e. The Labute approximate surface area is 91.5 Å². The molecule has 0 fully saturated rings. The van der Waals surface area contributed by atoms with E-state index in [0.29, 0.717) is 10.8 Å². The monoisotopic (exact) mass is 198 g/mol. The second-order valence-electron chi connectivity index (χ2n) is 7.37. The van der Waals surface area contributed by atoms with Gasteiger partial charge in [-0.05, 0) is 35.5 Å². The van der Waals surface area contributed by atoms with Gasteiger partial charge in [0.15, 0.2) is 0 Å². The van der Waals surface area contributed by atoms with Crippen molar-refractivity contribution >= 4 is 0 Å². The molecule has 0 heterocycles. The van der Waals surface area contributed by atoms with Crippen LogP contribution in [0.15, 0.2) is 0 Å². The highest BCUT2D eigenvalue weighted by molar-refractivity contribution is 4.74. The first kappa shape index (κ1) is 14.0. The van der Waals surface area contributed by atoms with Crippen LogP contribution >= 0.6 is 0 Å². The molecule has 0 aromatic rings. The maximum Gasteiger partial charge on any atom is -0.0357 e. The molecule has 0 aliphatic rings. The molecule has 0 rings (SSSR count). The lowest BCUT2D eigenvalue weighted by atomic mass is 9.74. The molecule has 0 spiro atoms. The third-order valence-corrected chi connectivity index (χ3v) is 3.20. The highest BCUT2D eigenvalue weighted by Gasteiger charge is 2.23. The highest BCUT2D eigenvalue weighted by atomic mass is 14.3. The van der Waals surface area contributed by atoms with Crippen molar-refractivity contribution < 1.29 is 0 Å². The molecule has 2 atom stereocenters. The van der Waals surface area contributed by atoms with E-state index in [2.05, 4.69) is 55.4 Å². The van der Waals surface area contributed by atoms with Crippen LogP contribution < -0.4 is 0 Å². The fraction of sp³-hybridized carbons (Fsp3) is 1.00. The van der Waals surface area contributed by atoms with E-state index in [1.807, 2.05) is 0 Å². The molecule has 0 aliphatic carbocycles. The van der Waals surface area contributed by atoms with Crippen LogP contribution in [-0.4, -0.2) is 0 Å². The summed E-state index contributed by atoms with van der Waals surface area (Å²) in [5, 5.41) is 0. The summed E-state index contributed by atoms with van der Waals surface area (Å²) in [7, 11) is 0. The van der Waals surface area contributed by atoms with Crippen LogP contribution in [-0.2, 0) is 0 Å². The van der Waals surface area contributed by atoms with Gasteiger partial charge in [0.2, 0.25) is 0 Å². The van der Waals surface area contributed by atoms with Crippen LogP contribution in [0.25, 0.3) is 0 Å². The Morgan fingerprint density at radius 2 is 1.29 bits per heavy atom. The van der Waals surface area contributed by atoms with E-state index in [1.54, 1.807) is 0 Å². The van der Waals surface area contributed by atoms with E-state index < -0.39 is 0 Å². The SMILES string of the molecule is C[C@@H](C[C@H](C)C(C)(C)C)CC(C)(C)C. The van der Waals surface area contributed by atoms with E-state index >= 15 is 0 Å². The van der Waals surface area contributed by atoms with Crippen molar-refractivity contribution in [2.24, 2.45) is 22.7 Å². The van der Waals surface area contributed by atoms with Crippen molar-refractivity contribution in [1.82, 2.24) is 0 Å². The quantitative estimate of drug-likeness (QED) is 0.589. The minimum absolute atomic E-state index is 0.464. The minimum Gasteiger partial charge on any atom is -0.0625 e. The maximum atomic E-state index is 2.40. The average Bonchev–Trinajstić information content (AvgIpc) is 1.79. The predicted octanol–water partition coefficient (Wildman–Crippen LogP) is 5.13. The summed E-state index contributed by atoms with van der Waals surface area (Å²) in [6.45, 7) is 18.8. The van der Waals surface area contributed by atoms with Gasteiger partial charge in [0.25, 0.3) is 0 Å². The molecule has 0 aliphatic heterocycles. The Balaban J connectivity index is 4.01. The van der Waals surface area contributed by atoms with Crippen LogP contribution in [0.5, 0.6) is 0 Å². The largest absolute Gasteiger partial charge is 0.0625 e. The molecule has 0 aromatic heterocycles. The zero-order valence-corrected chi connectivity index (χ0v) is 11.6. The third kappa shape index (κ3) is 6.45. The molecule has 0 radical (unpaired) electrons. The molecule has 0 amide bonds. The Morgan fingerprint density at radius 1 is 0.857 bits per heavy atom. The number of rotatable bonds is 3. The average molecular weight is 198 g/mol. The summed E-state index contributed by atoms with van der Waals surface area (Å²) < 4.78 is 0. The Kier molecular flexibility index (Phi) is 4.68. The van der Waals surface area contributed by atoms with Crippen LogP contribution in [0.4, 0.5) is 0 Å². The second kappa shape index (κ2) is 4.68. The van der Waals surface area contributed by atoms with Crippen molar-refractivity contribution in [3.8, 4) is 0 Å². The molecule has 0 saturated heterocycles. The van der Waals surface area contributed by atoms with Gasteiger partial charge in [0, 0.05) is 0 Å². The highest BCUT2D eigenvalue weighted by Crippen LogP contribution is 2.34. The zero-order chi connectivity index (χ0) is 11.6. The Hall–Kier alpha value is 0. The molecular formula is C14H30. The van der Waals surface area contributed by atoms with E-state index in [4.69, 9.17) is 0 Å². The summed E-state index contributed by atoms with van der Waals surface area (Å²) in [5.74, 6) is 1.67. The van der Waals surface area contributed by atoms with Gasteiger partial charge in [0.05, 0.1) is 0 Å². The Bertz CT molecular complexity index is 154. The summed E-state index contributed by atoms with van der Waals surface area (Å²) in [6, 6.07) is 0. The number of hydrogen-bond donors (Lipinski definition) is 0. The van der Waals surface area contributed by atoms with Crippen molar-refractivity contribution in [2.75, 3.05) is 0 Å². The van der Waals surface area contributed by atoms with Gasteiger partial charge in [-0.1, -0.05) is 55.4 Å². The lowest BCUT2D eigenvalue weighted by Gasteiger charge is -2.32. The van der Waals surface area contributed by atoms with Gasteiger partial charge in [0.1, 0.15) is 0 Å². The van der Waals surface area contributed by atoms with Gasteiger partial charge in [-0.3, -0.25) is 0 Å². The van der Waals surface area contributed by atoms with E-state index in [1.165, 1.54) is 12.8 Å². The van der Waals surface area contributed by atoms with E-state index in [-0.39, 0.29) is 0 Å². The van der Waals surface area contributed by atoms with Gasteiger partial charge in [-0.25, -0.2) is 0 Å². The van der Waals surface area contributed by atoms with Crippen molar-refractivity contribution in [3.63, 3.8) is 0 Å². The van der Waals surface area contributed by atoms with Crippen molar-refractivity contribution in [2.45, 2.75) is 68.2 Å². The fourth-order valence-electron chi connectivity index (χ4n) is 2.09. The van der Waals surface area contributed by atoms with Gasteiger partial charge in [-0.15, -0.1) is 0 Å². The molecule has 0 bridgehead atoms. The lowest BCUT2D eigenvalue weighted by molar-refractivity contribution is 0.191. The third-order valence-electron chi connectivity index (χ3n) is 3.20. The minimum atomic E-state index is 0.464. The summed E-state index contributed by atoms with van der Waals surface area (Å²) in [5.41, 5.74) is 0.948. The van der Waals surface area contributed by atoms with Gasteiger partial charge in [-0.2, -0.15) is 0 Å². The molecule has 0 unspecified atom stereocenters. The molecule has 86 valence electrons. The molecule has 0 nitrogen and oxygen atoms in total. The zero-order valence-electron chi connectivity index (χ0n) is 11.6. The van der Waals surface area contributed by atoms with Crippen LogP contribution in [0, 0.1) is 22.7 Å². The second-order valence-corrected chi connectivity index (χ2v) is 7.37. The Morgan fingerprint density at radius 3 is 1.57 bits per heavy atom. The molecule has 0 saturated carbocycles. The molecule has 0 aromatic carbocycles. The summed E-state index contributed by atoms with van der Waals surface area (Å²) >= 11 is 0. The van der Waals surface area contributed by atoms with Crippen molar-refractivity contribution in [1.29, 1.82) is 0 Å². The van der Waals surface area contributed by atoms with Crippen LogP contribution in [0.1, 0.15) is 68.2 Å². The van der Waals surface area contributed by atoms with E-state index in [0.717, 1.165) is 11.8 Å². The van der Waals surface area contributed by atoms with Crippen LogP contribution in [0.2, 0.25) is 0 Å². The summed E-state index contributed by atoms with van der Waals surface area (Å²) in [4.78, 5) is 0. The molecular weight excluding hydrogens is 168 g/mol. The maximum absolute atomic E-state index is 2.40. The summed E-state index contributed by atoms with van der Waals surface area (Å²) in [6.07, 6.45) is 2.70. The topological polar surface area (TPSA) is 0 Å². The standard InChI is InChI=1S/C14H30/c1-11(10-13(3,4)5)9-12(2)14(6,7)8/h11-12H,9-10H2,1-8H3/t11-,12-/m0/s1. The molecule has 0 N–H and O–H groups in total. The van der Waals surface area contributed by atoms with Crippen molar-refractivity contribution in [3.05, 3.63) is 0 Å². The first-order chi connectivity index (χ1) is 6.02. The lowest BCUT2D eigenvalue weighted by Crippen LogP contribution is -2.21. The van der Waals surface area contributed by atoms with E-state index in [9.17, 15) is 0 Å².